The van der Waals surface area contributed by atoms with Crippen LogP contribution in [0.4, 0.5) is 0 Å². The van der Waals surface area contributed by atoms with E-state index in [1.165, 1.54) is 7.05 Å². The molecule has 0 radical (unpaired) electrons. The van der Waals surface area contributed by atoms with E-state index in [0.29, 0.717) is 22.3 Å². The van der Waals surface area contributed by atoms with Gasteiger partial charge < -0.3 is 21.4 Å². The average Bonchev–Trinajstić information content (AvgIpc) is 2.38. The number of nitrogens with zero attached hydrogens (tertiary/aromatic N) is 3. The molecule has 0 aliphatic heterocycles. The highest BCUT2D eigenvalue weighted by Gasteiger charge is 2.18. The number of nitrogens with one attached hydrogen (secondary N) is 1. The Hall–Kier alpha value is -0.800. The number of azo groups is 1. The Kier molecular flexibility index (Phi) is 6.59. The predicted octanol–water partition coefficient (Wildman–Crippen LogP) is 2.25. The van der Waals surface area contributed by atoms with Gasteiger partial charge in [0.05, 0.1) is 6.04 Å². The van der Waals surface area contributed by atoms with Crippen molar-refractivity contribution in [3.63, 3.8) is 0 Å². The first-order valence-corrected chi connectivity index (χ1v) is 7.56. The number of hydrogen-bond acceptors (Lipinski definition) is 6. The van der Waals surface area contributed by atoms with Crippen LogP contribution in [-0.4, -0.2) is 40.4 Å². The zero-order valence-electron chi connectivity index (χ0n) is 11.1. The average molecular weight is 376 g/mol. The summed E-state index contributed by atoms with van der Waals surface area (Å²) in [6.07, 6.45) is 6.07. The summed E-state index contributed by atoms with van der Waals surface area (Å²) in [5.74, 6) is 0. The normalized spacial score (nSPS) is 22.2. The summed E-state index contributed by atoms with van der Waals surface area (Å²) in [4.78, 5) is 0. The minimum absolute atomic E-state index is 0.0769. The van der Waals surface area contributed by atoms with Gasteiger partial charge in [0.25, 0.3) is 0 Å². The summed E-state index contributed by atoms with van der Waals surface area (Å²) in [6.45, 7) is 1.83. The molecule has 0 aromatic rings. The lowest BCUT2D eigenvalue weighted by Crippen LogP contribution is -2.37. The van der Waals surface area contributed by atoms with Crippen LogP contribution >= 0.6 is 22.6 Å². The number of hydrogen-bond donors (Lipinski definition) is 2. The fourth-order valence-electron chi connectivity index (χ4n) is 1.65. The Balaban J connectivity index is 2.63. The van der Waals surface area contributed by atoms with Crippen LogP contribution in [-0.2, 0) is 0 Å². The zero-order valence-corrected chi connectivity index (χ0v) is 13.2. The zero-order chi connectivity index (χ0) is 14.4. The predicted molar refractivity (Wildman–Crippen MR) is 85.7 cm³/mol. The molecule has 0 saturated heterocycles. The van der Waals surface area contributed by atoms with Gasteiger partial charge in [-0.3, -0.25) is 0 Å². The fraction of sp³-hybridized carbons (Fsp3) is 0.583. The van der Waals surface area contributed by atoms with Crippen molar-refractivity contribution in [2.75, 3.05) is 11.5 Å². The quantitative estimate of drug-likeness (QED) is 0.244. The first-order valence-electron chi connectivity index (χ1n) is 6.03. The summed E-state index contributed by atoms with van der Waals surface area (Å²) >= 11 is 2.12. The fourth-order valence-corrected chi connectivity index (χ4v) is 2.10. The number of hydroxylamine groups is 2. The Morgan fingerprint density at radius 2 is 2.42 bits per heavy atom. The summed E-state index contributed by atoms with van der Waals surface area (Å²) in [6, 6.07) is -0.665. The molecule has 0 bridgehead atoms. The van der Waals surface area contributed by atoms with Crippen molar-refractivity contribution in [2.24, 2.45) is 16.0 Å². The second kappa shape index (κ2) is 7.71. The number of alkyl halides is 1. The molecule has 1 aliphatic rings. The van der Waals surface area contributed by atoms with Crippen LogP contribution in [0.3, 0.4) is 0 Å². The van der Waals surface area contributed by atoms with Crippen molar-refractivity contribution in [3.8, 4) is 0 Å². The summed E-state index contributed by atoms with van der Waals surface area (Å²) < 4.78 is 0.592. The van der Waals surface area contributed by atoms with Crippen molar-refractivity contribution in [3.05, 3.63) is 29.1 Å². The lowest BCUT2D eigenvalue weighted by Gasteiger charge is -2.28. The van der Waals surface area contributed by atoms with E-state index in [9.17, 15) is 5.21 Å². The van der Waals surface area contributed by atoms with Gasteiger partial charge in [0.15, 0.2) is 0 Å². The third-order valence-corrected chi connectivity index (χ3v) is 3.58. The molecule has 3 atom stereocenters. The SMILES string of the molecule is CC(N)C(N=NC1C=CC(N(C)[O-])=CC1)C(=N)CI. The maximum atomic E-state index is 11.1. The molecule has 3 unspecified atom stereocenters. The molecule has 19 heavy (non-hydrogen) atoms. The molecular weight excluding hydrogens is 357 g/mol. The summed E-state index contributed by atoms with van der Waals surface area (Å²) in [5, 5.41) is 28.1. The van der Waals surface area contributed by atoms with Crippen LogP contribution < -0.4 is 5.73 Å². The van der Waals surface area contributed by atoms with E-state index >= 15 is 0 Å². The van der Waals surface area contributed by atoms with Crippen molar-refractivity contribution in [2.45, 2.75) is 31.5 Å². The number of halogens is 1. The van der Waals surface area contributed by atoms with Crippen molar-refractivity contribution >= 4 is 28.3 Å². The first kappa shape index (κ1) is 16.3. The van der Waals surface area contributed by atoms with Gasteiger partial charge in [-0.1, -0.05) is 34.7 Å². The van der Waals surface area contributed by atoms with Gasteiger partial charge in [-0.25, -0.2) is 0 Å². The molecule has 1 aliphatic carbocycles. The third kappa shape index (κ3) is 5.00. The lowest BCUT2D eigenvalue weighted by atomic mass is 10.1. The highest BCUT2D eigenvalue weighted by atomic mass is 127. The Labute approximate surface area is 127 Å². The van der Waals surface area contributed by atoms with Crippen molar-refractivity contribution in [1.82, 2.24) is 5.06 Å². The Bertz CT molecular complexity index is 403. The molecule has 0 spiro atoms. The maximum Gasteiger partial charge on any atom is 0.124 e. The van der Waals surface area contributed by atoms with E-state index < -0.39 is 0 Å². The monoisotopic (exact) mass is 376 g/mol. The molecule has 0 fully saturated rings. The topological polar surface area (TPSA) is 101 Å². The third-order valence-electron chi connectivity index (χ3n) is 2.76. The van der Waals surface area contributed by atoms with E-state index in [0.717, 1.165) is 5.06 Å². The molecule has 1 rings (SSSR count). The second-order valence-electron chi connectivity index (χ2n) is 4.48. The van der Waals surface area contributed by atoms with Crippen molar-refractivity contribution in [1.29, 1.82) is 5.41 Å². The molecule has 0 saturated carbocycles. The standard InChI is InChI=1S/C12H19IN5O/c1-8(14)12(11(15)7-13)17-16-9-3-5-10(6-4-9)18(2)19/h3,5-6,8-9,12,15H,4,7,14H2,1-2H3/q-1. The maximum absolute atomic E-state index is 11.1. The largest absolute Gasteiger partial charge is 0.758 e. The molecule has 6 nitrogen and oxygen atoms in total. The number of nitrogens with two attached hydrogens (primary N) is 1. The first-order chi connectivity index (χ1) is 8.95. The van der Waals surface area contributed by atoms with E-state index in [4.69, 9.17) is 11.1 Å². The van der Waals surface area contributed by atoms with Crippen LogP contribution in [0, 0.1) is 10.6 Å². The highest BCUT2D eigenvalue weighted by Crippen LogP contribution is 2.16. The van der Waals surface area contributed by atoms with Gasteiger partial charge in [0.1, 0.15) is 6.04 Å². The molecule has 0 aromatic heterocycles. The van der Waals surface area contributed by atoms with E-state index in [1.54, 1.807) is 6.08 Å². The Morgan fingerprint density at radius 3 is 2.84 bits per heavy atom. The van der Waals surface area contributed by atoms with Crippen LogP contribution in [0.15, 0.2) is 34.2 Å². The number of likely N-dealkylation sites (N-methyl/N-ethyl adjacent to an activating group) is 1. The molecule has 106 valence electrons. The van der Waals surface area contributed by atoms with Gasteiger partial charge in [0, 0.05) is 21.9 Å². The Morgan fingerprint density at radius 1 is 1.74 bits per heavy atom. The van der Waals surface area contributed by atoms with Crippen LogP contribution in [0.5, 0.6) is 0 Å². The van der Waals surface area contributed by atoms with Gasteiger partial charge >= 0.3 is 0 Å². The molecule has 0 heterocycles. The molecule has 0 aromatic carbocycles. The van der Waals surface area contributed by atoms with E-state index in [1.807, 2.05) is 19.1 Å². The van der Waals surface area contributed by atoms with Gasteiger partial charge in [-0.05, 0) is 26.5 Å². The lowest BCUT2D eigenvalue weighted by molar-refractivity contribution is 0.572. The highest BCUT2D eigenvalue weighted by molar-refractivity contribution is 14.1. The van der Waals surface area contributed by atoms with Crippen LogP contribution in [0.1, 0.15) is 13.3 Å². The molecule has 3 N–H and O–H groups in total. The molecule has 0 amide bonds. The van der Waals surface area contributed by atoms with E-state index in [2.05, 4.69) is 32.8 Å². The van der Waals surface area contributed by atoms with Gasteiger partial charge in [-0.15, -0.1) is 0 Å². The smallest absolute Gasteiger partial charge is 0.124 e. The molecular formula is C12H19IN5O-. The summed E-state index contributed by atoms with van der Waals surface area (Å²) in [7, 11) is 1.46. The van der Waals surface area contributed by atoms with Crippen molar-refractivity contribution < 1.29 is 0 Å². The number of rotatable bonds is 6. The second-order valence-corrected chi connectivity index (χ2v) is 5.25. The summed E-state index contributed by atoms with van der Waals surface area (Å²) in [5.41, 5.74) is 6.93. The van der Waals surface area contributed by atoms with Gasteiger partial charge in [0.2, 0.25) is 0 Å². The van der Waals surface area contributed by atoms with Gasteiger partial charge in [-0.2, -0.15) is 10.2 Å². The van der Waals surface area contributed by atoms with Crippen LogP contribution in [0.2, 0.25) is 0 Å². The van der Waals surface area contributed by atoms with Crippen LogP contribution in [0.25, 0.3) is 0 Å². The minimum atomic E-state index is -0.363. The molecule has 7 heteroatoms. The van der Waals surface area contributed by atoms with E-state index in [-0.39, 0.29) is 18.1 Å². The minimum Gasteiger partial charge on any atom is -0.758 e. The number of allylic oxidation sites excluding steroid dienone is 1.